The predicted molar refractivity (Wildman–Crippen MR) is 68.2 cm³/mol. The molecule has 0 unspecified atom stereocenters. The lowest BCUT2D eigenvalue weighted by molar-refractivity contribution is 0.588. The van der Waals surface area contributed by atoms with Gasteiger partial charge >= 0.3 is 0 Å². The second-order valence-electron chi connectivity index (χ2n) is 3.96. The van der Waals surface area contributed by atoms with Crippen molar-refractivity contribution >= 4 is 18.1 Å². The van der Waals surface area contributed by atoms with Crippen LogP contribution in [-0.4, -0.2) is 26.2 Å². The van der Waals surface area contributed by atoms with Gasteiger partial charge in [-0.2, -0.15) is 0 Å². The number of rotatable bonds is 1. The molecule has 1 fully saturated rings. The number of nitrogens with zero attached hydrogens (tertiary/aromatic N) is 1. The monoisotopic (exact) mass is 226 g/mol. The Morgan fingerprint density at radius 2 is 1.80 bits per heavy atom. The van der Waals surface area contributed by atoms with Crippen molar-refractivity contribution in [1.29, 1.82) is 0 Å². The van der Waals surface area contributed by atoms with Gasteiger partial charge < -0.3 is 10.2 Å². The number of aryl methyl sites for hydroxylation is 1. The number of piperazine rings is 1. The summed E-state index contributed by atoms with van der Waals surface area (Å²) in [5.74, 6) is 0. The minimum absolute atomic E-state index is 0. The highest BCUT2D eigenvalue weighted by atomic mass is 35.5. The minimum Gasteiger partial charge on any atom is -0.369 e. The zero-order valence-corrected chi connectivity index (χ0v) is 10.2. The Kier molecular flexibility index (Phi) is 4.43. The number of anilines is 1. The van der Waals surface area contributed by atoms with Crippen LogP contribution in [0.15, 0.2) is 18.2 Å². The van der Waals surface area contributed by atoms with E-state index in [1.54, 1.807) is 0 Å². The lowest BCUT2D eigenvalue weighted by Crippen LogP contribution is -2.43. The molecule has 1 aliphatic heterocycles. The fraction of sp³-hybridized carbons (Fsp3) is 0.500. The molecule has 2 rings (SSSR count). The highest BCUT2D eigenvalue weighted by Crippen LogP contribution is 2.22. The molecule has 0 spiro atoms. The van der Waals surface area contributed by atoms with Crippen molar-refractivity contribution in [1.82, 2.24) is 5.32 Å². The first-order valence-corrected chi connectivity index (χ1v) is 5.31. The van der Waals surface area contributed by atoms with Gasteiger partial charge in [-0.05, 0) is 31.0 Å². The first kappa shape index (κ1) is 12.3. The molecule has 15 heavy (non-hydrogen) atoms. The van der Waals surface area contributed by atoms with E-state index in [1.165, 1.54) is 16.8 Å². The summed E-state index contributed by atoms with van der Waals surface area (Å²) in [6, 6.07) is 6.56. The van der Waals surface area contributed by atoms with Crippen molar-refractivity contribution in [3.8, 4) is 0 Å². The average Bonchev–Trinajstić information content (AvgIpc) is 2.23. The molecule has 1 aromatic carbocycles. The second-order valence-corrected chi connectivity index (χ2v) is 3.96. The van der Waals surface area contributed by atoms with E-state index < -0.39 is 0 Å². The molecule has 1 N–H and O–H groups in total. The molecule has 84 valence electrons. The van der Waals surface area contributed by atoms with Gasteiger partial charge in [0.25, 0.3) is 0 Å². The van der Waals surface area contributed by atoms with Gasteiger partial charge in [-0.1, -0.05) is 12.1 Å². The van der Waals surface area contributed by atoms with Gasteiger partial charge in [-0.15, -0.1) is 12.4 Å². The normalized spacial score (nSPS) is 16.0. The minimum atomic E-state index is 0. The predicted octanol–water partition coefficient (Wildman–Crippen LogP) is 2.13. The Morgan fingerprint density at radius 1 is 1.13 bits per heavy atom. The smallest absolute Gasteiger partial charge is 0.0399 e. The molecule has 0 aromatic heterocycles. The van der Waals surface area contributed by atoms with Crippen LogP contribution in [0.5, 0.6) is 0 Å². The van der Waals surface area contributed by atoms with Gasteiger partial charge in [0, 0.05) is 31.9 Å². The summed E-state index contributed by atoms with van der Waals surface area (Å²) in [6.45, 7) is 8.86. The number of hydrogen-bond donors (Lipinski definition) is 1. The summed E-state index contributed by atoms with van der Waals surface area (Å²) in [5.41, 5.74) is 4.22. The molecule has 1 saturated heterocycles. The molecule has 0 atom stereocenters. The van der Waals surface area contributed by atoms with Gasteiger partial charge in [-0.3, -0.25) is 0 Å². The van der Waals surface area contributed by atoms with Crippen molar-refractivity contribution in [2.75, 3.05) is 31.1 Å². The third-order valence-electron chi connectivity index (χ3n) is 3.03. The molecule has 0 amide bonds. The summed E-state index contributed by atoms with van der Waals surface area (Å²) in [4.78, 5) is 2.47. The van der Waals surface area contributed by atoms with Gasteiger partial charge in [0.15, 0.2) is 0 Å². The van der Waals surface area contributed by atoms with Gasteiger partial charge in [0.2, 0.25) is 0 Å². The van der Waals surface area contributed by atoms with E-state index in [2.05, 4.69) is 42.3 Å². The lowest BCUT2D eigenvalue weighted by Gasteiger charge is -2.31. The van der Waals surface area contributed by atoms with Crippen LogP contribution in [0.4, 0.5) is 5.69 Å². The van der Waals surface area contributed by atoms with Gasteiger partial charge in [0.1, 0.15) is 0 Å². The fourth-order valence-electron chi connectivity index (χ4n) is 1.98. The van der Waals surface area contributed by atoms with Crippen LogP contribution in [0.3, 0.4) is 0 Å². The fourth-order valence-corrected chi connectivity index (χ4v) is 1.98. The third-order valence-corrected chi connectivity index (χ3v) is 3.03. The number of benzene rings is 1. The van der Waals surface area contributed by atoms with Crippen LogP contribution in [-0.2, 0) is 0 Å². The van der Waals surface area contributed by atoms with Gasteiger partial charge in [0.05, 0.1) is 0 Å². The van der Waals surface area contributed by atoms with Crippen LogP contribution in [0.25, 0.3) is 0 Å². The van der Waals surface area contributed by atoms with Crippen molar-refractivity contribution in [3.05, 3.63) is 29.3 Å². The average molecular weight is 227 g/mol. The lowest BCUT2D eigenvalue weighted by atomic mass is 10.1. The van der Waals surface area contributed by atoms with E-state index in [4.69, 9.17) is 0 Å². The molecular weight excluding hydrogens is 208 g/mol. The van der Waals surface area contributed by atoms with E-state index in [9.17, 15) is 0 Å². The molecule has 3 heteroatoms. The first-order valence-electron chi connectivity index (χ1n) is 5.31. The van der Waals surface area contributed by atoms with Crippen LogP contribution in [0, 0.1) is 13.8 Å². The number of hydrogen-bond acceptors (Lipinski definition) is 2. The Balaban J connectivity index is 0.00000112. The van der Waals surface area contributed by atoms with Crippen molar-refractivity contribution in [2.45, 2.75) is 13.8 Å². The van der Waals surface area contributed by atoms with E-state index in [-0.39, 0.29) is 12.4 Å². The zero-order chi connectivity index (χ0) is 9.97. The molecule has 0 saturated carbocycles. The van der Waals surface area contributed by atoms with E-state index in [0.717, 1.165) is 26.2 Å². The summed E-state index contributed by atoms with van der Waals surface area (Å²) >= 11 is 0. The zero-order valence-electron chi connectivity index (χ0n) is 9.42. The van der Waals surface area contributed by atoms with Crippen molar-refractivity contribution in [2.24, 2.45) is 0 Å². The van der Waals surface area contributed by atoms with Crippen LogP contribution in [0.2, 0.25) is 0 Å². The SMILES string of the molecule is Cc1cccc(N2CCNCC2)c1C.Cl. The topological polar surface area (TPSA) is 15.3 Å². The Labute approximate surface area is 98.1 Å². The maximum absolute atomic E-state index is 3.38. The summed E-state index contributed by atoms with van der Waals surface area (Å²) in [5, 5.41) is 3.38. The molecule has 0 aliphatic carbocycles. The highest BCUT2D eigenvalue weighted by Gasteiger charge is 2.12. The maximum Gasteiger partial charge on any atom is 0.0399 e. The van der Waals surface area contributed by atoms with E-state index in [0.29, 0.717) is 0 Å². The largest absolute Gasteiger partial charge is 0.369 e. The number of halogens is 1. The molecule has 1 aromatic rings. The standard InChI is InChI=1S/C12H18N2.ClH/c1-10-4-3-5-12(11(10)2)14-8-6-13-7-9-14;/h3-5,13H,6-9H2,1-2H3;1H. The van der Waals surface area contributed by atoms with Gasteiger partial charge in [-0.25, -0.2) is 0 Å². The Morgan fingerprint density at radius 3 is 2.47 bits per heavy atom. The van der Waals surface area contributed by atoms with Crippen molar-refractivity contribution in [3.63, 3.8) is 0 Å². The Hall–Kier alpha value is -0.730. The molecule has 0 radical (unpaired) electrons. The van der Waals surface area contributed by atoms with Crippen LogP contribution in [0.1, 0.15) is 11.1 Å². The molecular formula is C12H19ClN2. The number of nitrogens with one attached hydrogen (secondary N) is 1. The molecule has 2 nitrogen and oxygen atoms in total. The second kappa shape index (κ2) is 5.38. The quantitative estimate of drug-likeness (QED) is 0.790. The van der Waals surface area contributed by atoms with Crippen LogP contribution >= 0.6 is 12.4 Å². The molecule has 1 heterocycles. The summed E-state index contributed by atoms with van der Waals surface area (Å²) < 4.78 is 0. The third kappa shape index (κ3) is 2.64. The van der Waals surface area contributed by atoms with Crippen LogP contribution < -0.4 is 10.2 Å². The summed E-state index contributed by atoms with van der Waals surface area (Å²) in [6.07, 6.45) is 0. The molecule has 1 aliphatic rings. The Bertz CT molecular complexity index is 319. The van der Waals surface area contributed by atoms with Crippen molar-refractivity contribution < 1.29 is 0 Å². The summed E-state index contributed by atoms with van der Waals surface area (Å²) in [7, 11) is 0. The van der Waals surface area contributed by atoms with E-state index in [1.807, 2.05) is 0 Å². The maximum atomic E-state index is 3.38. The first-order chi connectivity index (χ1) is 6.79. The highest BCUT2D eigenvalue weighted by molar-refractivity contribution is 5.85. The molecule has 0 bridgehead atoms. The van der Waals surface area contributed by atoms with E-state index >= 15 is 0 Å².